The van der Waals surface area contributed by atoms with Crippen LogP contribution in [-0.4, -0.2) is 19.7 Å². The van der Waals surface area contributed by atoms with Gasteiger partial charge in [-0.1, -0.05) is 17.8 Å². The average Bonchev–Trinajstić information content (AvgIpc) is 2.97. The molecule has 0 bridgehead atoms. The summed E-state index contributed by atoms with van der Waals surface area (Å²) >= 11 is 2.26. The van der Waals surface area contributed by atoms with Crippen molar-refractivity contribution in [3.8, 4) is 11.3 Å². The highest BCUT2D eigenvalue weighted by Gasteiger charge is 2.14. The standard InChI is InChI=1S/C16H13F2N3O2S3/c1-26(22,23)21-12-4-2-9(13-8-24-16(19)20-13)6-15(12)25-14-5-3-10(17)7-11(14)18/h2-8,21H,1H3,(H2,19,20). The van der Waals surface area contributed by atoms with Crippen molar-refractivity contribution in [3.63, 3.8) is 0 Å². The second kappa shape index (κ2) is 7.22. The van der Waals surface area contributed by atoms with Crippen LogP contribution in [0.2, 0.25) is 0 Å². The van der Waals surface area contributed by atoms with E-state index in [2.05, 4.69) is 9.71 Å². The number of aromatic nitrogens is 1. The van der Waals surface area contributed by atoms with Crippen molar-refractivity contribution in [3.05, 3.63) is 53.4 Å². The molecule has 0 unspecified atom stereocenters. The summed E-state index contributed by atoms with van der Waals surface area (Å²) in [6.07, 6.45) is 1.02. The molecule has 0 radical (unpaired) electrons. The summed E-state index contributed by atoms with van der Waals surface area (Å²) in [4.78, 5) is 4.80. The number of nitrogen functional groups attached to an aromatic ring is 1. The lowest BCUT2D eigenvalue weighted by molar-refractivity contribution is 0.565. The summed E-state index contributed by atoms with van der Waals surface area (Å²) in [5, 5.41) is 2.17. The van der Waals surface area contributed by atoms with Gasteiger partial charge in [-0.25, -0.2) is 22.2 Å². The van der Waals surface area contributed by atoms with Gasteiger partial charge in [-0.05, 0) is 24.3 Å². The molecule has 2 aromatic carbocycles. The summed E-state index contributed by atoms with van der Waals surface area (Å²) in [6.45, 7) is 0. The molecule has 136 valence electrons. The van der Waals surface area contributed by atoms with E-state index in [4.69, 9.17) is 5.73 Å². The van der Waals surface area contributed by atoms with Crippen molar-refractivity contribution in [1.29, 1.82) is 0 Å². The summed E-state index contributed by atoms with van der Waals surface area (Å²) in [6, 6.07) is 8.14. The van der Waals surface area contributed by atoms with E-state index in [0.29, 0.717) is 21.3 Å². The van der Waals surface area contributed by atoms with Crippen LogP contribution < -0.4 is 10.5 Å². The molecule has 0 saturated heterocycles. The fraction of sp³-hybridized carbons (Fsp3) is 0.0625. The highest BCUT2D eigenvalue weighted by atomic mass is 32.2. The Hall–Kier alpha value is -2.17. The molecule has 0 spiro atoms. The molecule has 0 aliphatic carbocycles. The van der Waals surface area contributed by atoms with Gasteiger partial charge in [0.25, 0.3) is 0 Å². The molecule has 0 atom stereocenters. The van der Waals surface area contributed by atoms with Gasteiger partial charge in [0.05, 0.1) is 17.6 Å². The number of nitrogens with two attached hydrogens (primary N) is 1. The number of sulfonamides is 1. The molecule has 0 aliphatic heterocycles. The molecular formula is C16H13F2N3O2S3. The second-order valence-corrected chi connectivity index (χ2v) is 9.05. The van der Waals surface area contributed by atoms with Gasteiger partial charge in [-0.2, -0.15) is 0 Å². The van der Waals surface area contributed by atoms with Crippen molar-refractivity contribution in [2.75, 3.05) is 16.7 Å². The summed E-state index contributed by atoms with van der Waals surface area (Å²) in [7, 11) is -3.53. The van der Waals surface area contributed by atoms with Crippen LogP contribution in [0.4, 0.5) is 19.6 Å². The Morgan fingerprint density at radius 2 is 1.92 bits per heavy atom. The van der Waals surface area contributed by atoms with Gasteiger partial charge >= 0.3 is 0 Å². The van der Waals surface area contributed by atoms with Gasteiger partial charge in [0, 0.05) is 26.8 Å². The zero-order valence-corrected chi connectivity index (χ0v) is 15.8. The first kappa shape index (κ1) is 18.6. The largest absolute Gasteiger partial charge is 0.375 e. The number of hydrogen-bond donors (Lipinski definition) is 2. The third-order valence-corrected chi connectivity index (χ3v) is 5.58. The van der Waals surface area contributed by atoms with Crippen LogP contribution in [0.15, 0.2) is 51.6 Å². The highest BCUT2D eigenvalue weighted by Crippen LogP contribution is 2.38. The van der Waals surface area contributed by atoms with Gasteiger partial charge in [0.1, 0.15) is 11.6 Å². The van der Waals surface area contributed by atoms with Gasteiger partial charge in [0.2, 0.25) is 10.0 Å². The quantitative estimate of drug-likeness (QED) is 0.655. The van der Waals surface area contributed by atoms with Crippen molar-refractivity contribution in [1.82, 2.24) is 4.98 Å². The second-order valence-electron chi connectivity index (χ2n) is 5.33. The molecule has 1 heterocycles. The van der Waals surface area contributed by atoms with Crippen LogP contribution in [-0.2, 0) is 10.0 Å². The Balaban J connectivity index is 2.05. The molecule has 10 heteroatoms. The Morgan fingerprint density at radius 3 is 2.54 bits per heavy atom. The molecule has 1 aromatic heterocycles. The molecular weight excluding hydrogens is 400 g/mol. The molecule has 0 aliphatic rings. The van der Waals surface area contributed by atoms with E-state index in [1.165, 1.54) is 17.4 Å². The van der Waals surface area contributed by atoms with Crippen molar-refractivity contribution < 1.29 is 17.2 Å². The van der Waals surface area contributed by atoms with Gasteiger partial charge in [0.15, 0.2) is 5.13 Å². The number of benzene rings is 2. The number of rotatable bonds is 5. The molecule has 3 N–H and O–H groups in total. The minimum atomic E-state index is -3.53. The van der Waals surface area contributed by atoms with E-state index in [0.717, 1.165) is 30.2 Å². The van der Waals surface area contributed by atoms with E-state index in [-0.39, 0.29) is 10.6 Å². The summed E-state index contributed by atoms with van der Waals surface area (Å²) in [5.41, 5.74) is 7.26. The number of halogens is 2. The third-order valence-electron chi connectivity index (χ3n) is 3.21. The smallest absolute Gasteiger partial charge is 0.229 e. The molecule has 3 rings (SSSR count). The SMILES string of the molecule is CS(=O)(=O)Nc1ccc(-c2csc(N)n2)cc1Sc1ccc(F)cc1F. The topological polar surface area (TPSA) is 85.1 Å². The lowest BCUT2D eigenvalue weighted by atomic mass is 10.1. The Labute approximate surface area is 157 Å². The molecule has 26 heavy (non-hydrogen) atoms. The molecule has 0 amide bonds. The molecule has 0 saturated carbocycles. The first-order valence-corrected chi connectivity index (χ1v) is 10.8. The van der Waals surface area contributed by atoms with Crippen LogP contribution in [0.1, 0.15) is 0 Å². The van der Waals surface area contributed by atoms with Crippen LogP contribution in [0.25, 0.3) is 11.3 Å². The fourth-order valence-electron chi connectivity index (χ4n) is 2.15. The number of nitrogens with one attached hydrogen (secondary N) is 1. The third kappa shape index (κ3) is 4.51. The van der Waals surface area contributed by atoms with Crippen LogP contribution in [0, 0.1) is 11.6 Å². The maximum absolute atomic E-state index is 14.0. The fourth-order valence-corrected chi connectivity index (χ4v) is 4.31. The molecule has 3 aromatic rings. The average molecular weight is 413 g/mol. The number of anilines is 2. The van der Waals surface area contributed by atoms with Crippen molar-refractivity contribution in [2.24, 2.45) is 0 Å². The van der Waals surface area contributed by atoms with E-state index in [1.54, 1.807) is 23.6 Å². The number of hydrogen-bond acceptors (Lipinski definition) is 6. The molecule has 0 fully saturated rings. The highest BCUT2D eigenvalue weighted by molar-refractivity contribution is 7.99. The Bertz CT molecular complexity index is 1070. The van der Waals surface area contributed by atoms with Gasteiger partial charge < -0.3 is 5.73 Å². The minimum absolute atomic E-state index is 0.165. The lowest BCUT2D eigenvalue weighted by Crippen LogP contribution is -2.10. The summed E-state index contributed by atoms with van der Waals surface area (Å²) < 4.78 is 52.7. The summed E-state index contributed by atoms with van der Waals surface area (Å²) in [5.74, 6) is -1.42. The number of nitrogens with zero attached hydrogens (tertiary/aromatic N) is 1. The minimum Gasteiger partial charge on any atom is -0.375 e. The van der Waals surface area contributed by atoms with E-state index in [9.17, 15) is 17.2 Å². The van der Waals surface area contributed by atoms with E-state index < -0.39 is 21.7 Å². The Kier molecular flexibility index (Phi) is 5.17. The van der Waals surface area contributed by atoms with E-state index in [1.807, 2.05) is 0 Å². The van der Waals surface area contributed by atoms with Crippen LogP contribution in [0.5, 0.6) is 0 Å². The lowest BCUT2D eigenvalue weighted by Gasteiger charge is -2.12. The first-order valence-electron chi connectivity index (χ1n) is 7.17. The van der Waals surface area contributed by atoms with Crippen LogP contribution in [0.3, 0.4) is 0 Å². The molecule has 5 nitrogen and oxygen atoms in total. The predicted molar refractivity (Wildman–Crippen MR) is 101 cm³/mol. The Morgan fingerprint density at radius 1 is 1.15 bits per heavy atom. The monoisotopic (exact) mass is 413 g/mol. The maximum Gasteiger partial charge on any atom is 0.229 e. The van der Waals surface area contributed by atoms with Gasteiger partial charge in [-0.3, -0.25) is 4.72 Å². The van der Waals surface area contributed by atoms with Crippen LogP contribution >= 0.6 is 23.1 Å². The van der Waals surface area contributed by atoms with Gasteiger partial charge in [-0.15, -0.1) is 11.3 Å². The first-order chi connectivity index (χ1) is 12.2. The van der Waals surface area contributed by atoms with E-state index >= 15 is 0 Å². The normalized spacial score (nSPS) is 11.5. The number of thiazole rings is 1. The predicted octanol–water partition coefficient (Wildman–Crippen LogP) is 4.19. The maximum atomic E-state index is 14.0. The zero-order chi connectivity index (χ0) is 18.9. The van der Waals surface area contributed by atoms with Crippen molar-refractivity contribution >= 4 is 43.9 Å². The zero-order valence-electron chi connectivity index (χ0n) is 13.4. The van der Waals surface area contributed by atoms with Crippen molar-refractivity contribution in [2.45, 2.75) is 9.79 Å².